The van der Waals surface area contributed by atoms with Crippen LogP contribution in [0.2, 0.25) is 0 Å². The lowest BCUT2D eigenvalue weighted by molar-refractivity contribution is -0.127. The maximum atomic E-state index is 12.3. The first kappa shape index (κ1) is 19.0. The van der Waals surface area contributed by atoms with E-state index >= 15 is 0 Å². The Hall–Kier alpha value is -2.29. The minimum absolute atomic E-state index is 0.0947. The number of carbonyl (C=O) groups excluding carboxylic acids is 1. The Morgan fingerprint density at radius 1 is 1.00 bits per heavy atom. The minimum atomic E-state index is -0.525. The monoisotopic (exact) mass is 339 g/mol. The van der Waals surface area contributed by atoms with Crippen LogP contribution in [0, 0.1) is 0 Å². The molecule has 25 heavy (non-hydrogen) atoms. The molecule has 0 aromatic heterocycles. The lowest BCUT2D eigenvalue weighted by atomic mass is 9.87. The Balaban J connectivity index is 1.86. The van der Waals surface area contributed by atoms with E-state index in [0.29, 0.717) is 12.3 Å². The maximum Gasteiger partial charge on any atom is 0.260 e. The lowest BCUT2D eigenvalue weighted by Crippen LogP contribution is -2.38. The second-order valence-corrected chi connectivity index (χ2v) is 7.59. The molecule has 2 aromatic carbocycles. The van der Waals surface area contributed by atoms with Crippen molar-refractivity contribution in [2.24, 2.45) is 0 Å². The van der Waals surface area contributed by atoms with Gasteiger partial charge in [-0.2, -0.15) is 0 Å². The van der Waals surface area contributed by atoms with Crippen LogP contribution >= 0.6 is 0 Å². The van der Waals surface area contributed by atoms with Crippen LogP contribution in [0.1, 0.15) is 51.7 Å². The van der Waals surface area contributed by atoms with Gasteiger partial charge in [0.1, 0.15) is 5.75 Å². The van der Waals surface area contributed by atoms with Crippen molar-refractivity contribution >= 4 is 5.91 Å². The van der Waals surface area contributed by atoms with Crippen molar-refractivity contribution < 1.29 is 9.53 Å². The van der Waals surface area contributed by atoms with Gasteiger partial charge in [-0.1, -0.05) is 70.2 Å². The van der Waals surface area contributed by atoms with Gasteiger partial charge in [0.25, 0.3) is 5.91 Å². The molecule has 0 aliphatic heterocycles. The minimum Gasteiger partial charge on any atom is -0.481 e. The van der Waals surface area contributed by atoms with Gasteiger partial charge in [-0.25, -0.2) is 0 Å². The molecule has 2 aromatic rings. The summed E-state index contributed by atoms with van der Waals surface area (Å²) in [5, 5.41) is 2.97. The van der Waals surface area contributed by atoms with Gasteiger partial charge < -0.3 is 10.1 Å². The van der Waals surface area contributed by atoms with Crippen molar-refractivity contribution in [2.45, 2.75) is 52.1 Å². The summed E-state index contributed by atoms with van der Waals surface area (Å²) in [4.78, 5) is 12.3. The summed E-state index contributed by atoms with van der Waals surface area (Å²) >= 11 is 0. The second kappa shape index (κ2) is 8.19. The number of hydrogen-bond acceptors (Lipinski definition) is 2. The van der Waals surface area contributed by atoms with E-state index in [-0.39, 0.29) is 17.2 Å². The lowest BCUT2D eigenvalue weighted by Gasteiger charge is -2.20. The van der Waals surface area contributed by atoms with E-state index < -0.39 is 6.10 Å². The number of ether oxygens (including phenoxy) is 1. The number of benzene rings is 2. The Labute approximate surface area is 151 Å². The SMILES string of the molecule is C[C@H](Oc1ccc(C(C)(C)C)cc1)C(=O)NC[C@@H](C)c1ccccc1. The van der Waals surface area contributed by atoms with E-state index in [2.05, 4.69) is 57.3 Å². The molecule has 0 spiro atoms. The molecule has 134 valence electrons. The van der Waals surface area contributed by atoms with E-state index in [1.54, 1.807) is 6.92 Å². The van der Waals surface area contributed by atoms with Gasteiger partial charge in [0.15, 0.2) is 6.10 Å². The molecule has 1 amide bonds. The van der Waals surface area contributed by atoms with Crippen LogP contribution in [0.15, 0.2) is 54.6 Å². The molecule has 1 N–H and O–H groups in total. The maximum absolute atomic E-state index is 12.3. The van der Waals surface area contributed by atoms with Crippen molar-refractivity contribution in [1.29, 1.82) is 0 Å². The van der Waals surface area contributed by atoms with E-state index in [1.165, 1.54) is 11.1 Å². The Bertz CT molecular complexity index is 671. The molecule has 2 rings (SSSR count). The van der Waals surface area contributed by atoms with Crippen LogP contribution in [-0.2, 0) is 10.2 Å². The fraction of sp³-hybridized carbons (Fsp3) is 0.409. The summed E-state index contributed by atoms with van der Waals surface area (Å²) in [7, 11) is 0. The van der Waals surface area contributed by atoms with Gasteiger partial charge in [0.2, 0.25) is 0 Å². The zero-order valence-electron chi connectivity index (χ0n) is 15.9. The first-order valence-electron chi connectivity index (χ1n) is 8.87. The van der Waals surface area contributed by atoms with Crippen molar-refractivity contribution in [3.8, 4) is 5.75 Å². The number of nitrogens with one attached hydrogen (secondary N) is 1. The molecule has 0 bridgehead atoms. The Morgan fingerprint density at radius 2 is 1.60 bits per heavy atom. The highest BCUT2D eigenvalue weighted by Gasteiger charge is 2.17. The third-order valence-electron chi connectivity index (χ3n) is 4.35. The predicted molar refractivity (Wildman–Crippen MR) is 103 cm³/mol. The average molecular weight is 339 g/mol. The molecule has 0 aliphatic carbocycles. The van der Waals surface area contributed by atoms with E-state index in [0.717, 1.165) is 0 Å². The normalized spacial score (nSPS) is 13.8. The number of rotatable bonds is 6. The number of carbonyl (C=O) groups is 1. The topological polar surface area (TPSA) is 38.3 Å². The predicted octanol–water partition coefficient (Wildman–Crippen LogP) is 4.67. The van der Waals surface area contributed by atoms with Gasteiger partial charge in [-0.3, -0.25) is 4.79 Å². The van der Waals surface area contributed by atoms with E-state index in [9.17, 15) is 4.79 Å². The van der Waals surface area contributed by atoms with Gasteiger partial charge in [-0.05, 0) is 41.5 Å². The standard InChI is InChI=1S/C22H29NO2/c1-16(18-9-7-6-8-10-18)15-23-21(24)17(2)25-20-13-11-19(12-14-20)22(3,4)5/h6-14,16-17H,15H2,1-5H3,(H,23,24)/t16-,17+/m1/s1. The average Bonchev–Trinajstić information content (AvgIpc) is 2.59. The fourth-order valence-electron chi connectivity index (χ4n) is 2.59. The van der Waals surface area contributed by atoms with Crippen molar-refractivity contribution in [1.82, 2.24) is 5.32 Å². The summed E-state index contributed by atoms with van der Waals surface area (Å²) in [5.74, 6) is 0.887. The van der Waals surface area contributed by atoms with Gasteiger partial charge in [-0.15, -0.1) is 0 Å². The van der Waals surface area contributed by atoms with Gasteiger partial charge in [0.05, 0.1) is 0 Å². The van der Waals surface area contributed by atoms with Crippen molar-refractivity contribution in [3.63, 3.8) is 0 Å². The van der Waals surface area contributed by atoms with Crippen LogP contribution in [0.5, 0.6) is 5.75 Å². The van der Waals surface area contributed by atoms with Crippen molar-refractivity contribution in [2.75, 3.05) is 6.54 Å². The number of hydrogen-bond donors (Lipinski definition) is 1. The summed E-state index contributed by atoms with van der Waals surface area (Å²) < 4.78 is 5.77. The smallest absolute Gasteiger partial charge is 0.260 e. The fourth-order valence-corrected chi connectivity index (χ4v) is 2.59. The summed E-state index contributed by atoms with van der Waals surface area (Å²) in [6, 6.07) is 18.1. The molecular weight excluding hydrogens is 310 g/mol. The molecule has 0 radical (unpaired) electrons. The summed E-state index contributed by atoms with van der Waals surface area (Å²) in [6.45, 7) is 11.0. The van der Waals surface area contributed by atoms with Crippen LogP contribution in [0.3, 0.4) is 0 Å². The molecule has 3 nitrogen and oxygen atoms in total. The van der Waals surface area contributed by atoms with Gasteiger partial charge in [0, 0.05) is 6.54 Å². The van der Waals surface area contributed by atoms with Crippen LogP contribution in [0.4, 0.5) is 0 Å². The highest BCUT2D eigenvalue weighted by molar-refractivity contribution is 5.80. The van der Waals surface area contributed by atoms with Crippen LogP contribution < -0.4 is 10.1 Å². The third-order valence-corrected chi connectivity index (χ3v) is 4.35. The summed E-state index contributed by atoms with van der Waals surface area (Å²) in [5.41, 5.74) is 2.57. The molecule has 0 aliphatic rings. The molecular formula is C22H29NO2. The summed E-state index contributed by atoms with van der Waals surface area (Å²) in [6.07, 6.45) is -0.525. The highest BCUT2D eigenvalue weighted by atomic mass is 16.5. The zero-order chi connectivity index (χ0) is 18.4. The first-order valence-corrected chi connectivity index (χ1v) is 8.87. The Morgan fingerprint density at radius 3 is 2.16 bits per heavy atom. The zero-order valence-corrected chi connectivity index (χ0v) is 15.9. The molecule has 0 saturated carbocycles. The molecule has 0 unspecified atom stereocenters. The first-order chi connectivity index (χ1) is 11.8. The largest absolute Gasteiger partial charge is 0.481 e. The number of amides is 1. The van der Waals surface area contributed by atoms with Crippen LogP contribution in [-0.4, -0.2) is 18.6 Å². The van der Waals surface area contributed by atoms with Gasteiger partial charge >= 0.3 is 0 Å². The molecule has 0 saturated heterocycles. The van der Waals surface area contributed by atoms with E-state index in [4.69, 9.17) is 4.74 Å². The van der Waals surface area contributed by atoms with Crippen molar-refractivity contribution in [3.05, 3.63) is 65.7 Å². The van der Waals surface area contributed by atoms with Crippen LogP contribution in [0.25, 0.3) is 0 Å². The molecule has 3 heteroatoms. The Kier molecular flexibility index (Phi) is 6.24. The third kappa shape index (κ3) is 5.63. The highest BCUT2D eigenvalue weighted by Crippen LogP contribution is 2.24. The molecule has 0 heterocycles. The molecule has 0 fully saturated rings. The van der Waals surface area contributed by atoms with E-state index in [1.807, 2.05) is 30.3 Å². The molecule has 2 atom stereocenters. The quantitative estimate of drug-likeness (QED) is 0.830. The second-order valence-electron chi connectivity index (χ2n) is 7.59.